The van der Waals surface area contributed by atoms with Crippen LogP contribution in [0.4, 0.5) is 0 Å². The molecular weight excluding hydrogens is 903 g/mol. The highest BCUT2D eigenvalue weighted by Crippen LogP contribution is 2.39. The number of nitrogens with zero attached hydrogens (tertiary/aromatic N) is 5. The number of hydrogen-bond acceptors (Lipinski definition) is 16. The van der Waals surface area contributed by atoms with Gasteiger partial charge < -0.3 is 43.9 Å². The normalized spacial score (nSPS) is 38.4. The maximum absolute atomic E-state index is 14.5. The number of rotatable bonds is 8. The Bertz CT molecular complexity index is 2040. The second-order valence-electron chi connectivity index (χ2n) is 20.4. The monoisotopic (exact) mass is 982 g/mol. The zero-order valence-corrected chi connectivity index (χ0v) is 42.7. The summed E-state index contributed by atoms with van der Waals surface area (Å²) in [6.45, 7) is 10.2. The minimum atomic E-state index is -2.46. The molecule has 4 heterocycles. The minimum Gasteiger partial charge on any atom is -0.460 e. The number of carbonyl (C=O) groups excluding carboxylic acids is 5. The zero-order valence-electron chi connectivity index (χ0n) is 42.7. The third kappa shape index (κ3) is 14.2. The lowest BCUT2D eigenvalue weighted by atomic mass is 9.77. The van der Waals surface area contributed by atoms with Gasteiger partial charge in [0, 0.05) is 52.6 Å². The van der Waals surface area contributed by atoms with E-state index in [1.54, 1.807) is 46.0 Å². The molecule has 5 rings (SSSR count). The number of esters is 1. The first-order chi connectivity index (χ1) is 33.4. The number of aromatic nitrogens is 4. The van der Waals surface area contributed by atoms with E-state index in [1.165, 1.54) is 18.1 Å². The molecule has 2 unspecified atom stereocenters. The van der Waals surface area contributed by atoms with E-state index in [9.17, 15) is 39.3 Å². The highest BCUT2D eigenvalue weighted by Gasteiger charge is 2.53. The second-order valence-corrected chi connectivity index (χ2v) is 20.4. The minimum absolute atomic E-state index is 0.0166. The number of amides is 1. The number of piperidine rings is 1. The number of cyclic esters (lactones) is 1. The van der Waals surface area contributed by atoms with Gasteiger partial charge in [-0.3, -0.25) is 19.2 Å². The van der Waals surface area contributed by atoms with Crippen molar-refractivity contribution >= 4 is 29.2 Å². The van der Waals surface area contributed by atoms with E-state index in [1.807, 2.05) is 51.2 Å². The number of fused-ring (bicyclic) bond motifs is 3. The molecular formula is C52H79N5O13. The summed E-state index contributed by atoms with van der Waals surface area (Å²) in [5.74, 6) is -8.96. The third-order valence-corrected chi connectivity index (χ3v) is 15.2. The van der Waals surface area contributed by atoms with E-state index in [4.69, 9.17) is 23.7 Å². The number of aliphatic hydroxyl groups is 3. The number of tetrazole rings is 1. The van der Waals surface area contributed by atoms with E-state index in [-0.39, 0.29) is 54.7 Å². The summed E-state index contributed by atoms with van der Waals surface area (Å²) in [6, 6.07) is -1.27. The Kier molecular flexibility index (Phi) is 21.4. The fraction of sp³-hybridized carbons (Fsp3) is 0.731. The van der Waals surface area contributed by atoms with Crippen molar-refractivity contribution in [1.29, 1.82) is 0 Å². The molecule has 390 valence electrons. The van der Waals surface area contributed by atoms with Gasteiger partial charge >= 0.3 is 5.97 Å². The van der Waals surface area contributed by atoms with Crippen molar-refractivity contribution in [3.8, 4) is 0 Å². The van der Waals surface area contributed by atoms with Gasteiger partial charge in [-0.1, -0.05) is 64.2 Å². The van der Waals surface area contributed by atoms with Gasteiger partial charge in [0.1, 0.15) is 36.5 Å². The zero-order chi connectivity index (χ0) is 51.3. The standard InChI is InChI=1S/C52H79N5O13/c1-31-15-11-10-12-16-32(2)43(66-7)27-39-20-18-36(6)52(65,70-39)49(62)50(63)56-22-14-13-17-41(56)51(64)69-44(33(3)24-37-19-21-40(45(26-37)67-8)57-30-53-54-55-57)28-42(59)38(29-58)25-35(5)47(61)48(68-9)46(60)34(4)23-31/h10-12,15-16,25,30-31,33-34,36-41,43-45,47-48,58,61,65H,13-14,17-24,26-29H2,1-9H3/b12-10+,15-11+,32-16+,35-25+/t31-,33-,34-,36-,37+,38?,39+,40?,41+,43+,44+,45-,47-,48+,52-/m1/s1. The van der Waals surface area contributed by atoms with Gasteiger partial charge in [0.15, 0.2) is 5.78 Å². The quantitative estimate of drug-likeness (QED) is 0.176. The Hall–Kier alpha value is -4.30. The van der Waals surface area contributed by atoms with Crippen LogP contribution in [0.3, 0.4) is 0 Å². The largest absolute Gasteiger partial charge is 0.460 e. The van der Waals surface area contributed by atoms with Crippen LogP contribution in [0.5, 0.6) is 0 Å². The summed E-state index contributed by atoms with van der Waals surface area (Å²) >= 11 is 0. The lowest BCUT2D eigenvalue weighted by Gasteiger charge is -2.42. The number of aliphatic hydroxyl groups excluding tert-OH is 2. The molecule has 4 aliphatic rings. The van der Waals surface area contributed by atoms with E-state index >= 15 is 0 Å². The van der Waals surface area contributed by atoms with Crippen LogP contribution in [0.1, 0.15) is 125 Å². The first kappa shape index (κ1) is 56.6. The molecule has 18 heteroatoms. The van der Waals surface area contributed by atoms with Crippen molar-refractivity contribution in [2.24, 2.45) is 35.5 Å². The summed E-state index contributed by atoms with van der Waals surface area (Å²) in [6.07, 6.45) is 12.8. The van der Waals surface area contributed by atoms with E-state index in [0.717, 1.165) is 12.0 Å². The van der Waals surface area contributed by atoms with Gasteiger partial charge in [-0.05, 0) is 117 Å². The van der Waals surface area contributed by atoms with Gasteiger partial charge in [0.2, 0.25) is 5.79 Å². The molecule has 3 aliphatic heterocycles. The summed E-state index contributed by atoms with van der Waals surface area (Å²) in [5.41, 5.74) is 1.12. The molecule has 1 aromatic rings. The van der Waals surface area contributed by atoms with Crippen molar-refractivity contribution in [3.63, 3.8) is 0 Å². The SMILES string of the molecule is CO[C@H]1C[C@@H]2CC[C@@H](C)[C@@](O)(O2)C(=O)C(=O)N2CCCC[C@H]2C(=O)O[C@H]([C@H](C)C[C@@H]2CCC(n3cnnn3)[C@H](OC)C2)CC(=O)C(CO)/C=C(\C)[C@@H](O)[C@@H](OC)C(=O)[C@H](C)C[C@H](C)/C=C/C=C/C=C/1C. The number of ketones is 3. The fourth-order valence-corrected chi connectivity index (χ4v) is 10.8. The van der Waals surface area contributed by atoms with Crippen LogP contribution in [-0.4, -0.2) is 153 Å². The average Bonchev–Trinajstić information content (AvgIpc) is 3.89. The number of carbonyl (C=O) groups is 5. The predicted octanol–water partition coefficient (Wildman–Crippen LogP) is 5.02. The van der Waals surface area contributed by atoms with E-state index in [0.29, 0.717) is 57.8 Å². The Labute approximate surface area is 413 Å². The van der Waals surface area contributed by atoms with Crippen LogP contribution >= 0.6 is 0 Å². The Morgan fingerprint density at radius 1 is 0.900 bits per heavy atom. The highest BCUT2D eigenvalue weighted by molar-refractivity contribution is 6.39. The predicted molar refractivity (Wildman–Crippen MR) is 257 cm³/mol. The number of hydrogen-bond donors (Lipinski definition) is 3. The maximum atomic E-state index is 14.5. The Balaban J connectivity index is 1.48. The van der Waals surface area contributed by atoms with Gasteiger partial charge in [0.25, 0.3) is 11.7 Å². The van der Waals surface area contributed by atoms with Gasteiger partial charge in [-0.15, -0.1) is 5.10 Å². The fourth-order valence-electron chi connectivity index (χ4n) is 10.8. The Morgan fingerprint density at radius 2 is 1.66 bits per heavy atom. The lowest BCUT2D eigenvalue weighted by Crippen LogP contribution is -2.61. The third-order valence-electron chi connectivity index (χ3n) is 15.2. The molecule has 15 atom stereocenters. The summed E-state index contributed by atoms with van der Waals surface area (Å²) in [5, 5.41) is 45.8. The van der Waals surface area contributed by atoms with Crippen LogP contribution in [-0.2, 0) is 47.7 Å². The summed E-state index contributed by atoms with van der Waals surface area (Å²) < 4.78 is 31.5. The van der Waals surface area contributed by atoms with E-state index < -0.39 is 96.1 Å². The smallest absolute Gasteiger partial charge is 0.329 e. The van der Waals surface area contributed by atoms with Crippen molar-refractivity contribution in [2.45, 2.75) is 173 Å². The summed E-state index contributed by atoms with van der Waals surface area (Å²) in [7, 11) is 4.55. The first-order valence-electron chi connectivity index (χ1n) is 25.2. The lowest BCUT2D eigenvalue weighted by molar-refractivity contribution is -0.265. The molecule has 1 amide bonds. The van der Waals surface area contributed by atoms with E-state index in [2.05, 4.69) is 15.5 Å². The molecule has 0 spiro atoms. The summed E-state index contributed by atoms with van der Waals surface area (Å²) in [4.78, 5) is 72.4. The topological polar surface area (TPSA) is 239 Å². The molecule has 3 fully saturated rings. The number of methoxy groups -OCH3 is 3. The molecule has 18 nitrogen and oxygen atoms in total. The molecule has 1 saturated carbocycles. The van der Waals surface area contributed by atoms with Crippen molar-refractivity contribution in [3.05, 3.63) is 53.9 Å². The van der Waals surface area contributed by atoms with Crippen molar-refractivity contribution in [1.82, 2.24) is 25.1 Å². The van der Waals surface area contributed by atoms with Crippen LogP contribution in [0, 0.1) is 35.5 Å². The highest BCUT2D eigenvalue weighted by atomic mass is 16.6. The molecule has 2 saturated heterocycles. The van der Waals surface area contributed by atoms with Crippen LogP contribution in [0.25, 0.3) is 0 Å². The molecule has 0 radical (unpaired) electrons. The van der Waals surface area contributed by atoms with Crippen LogP contribution in [0.15, 0.2) is 53.9 Å². The molecule has 1 aromatic heterocycles. The van der Waals surface area contributed by atoms with Crippen molar-refractivity contribution in [2.75, 3.05) is 34.5 Å². The number of ether oxygens (including phenoxy) is 5. The average molecular weight is 982 g/mol. The second kappa shape index (κ2) is 26.4. The molecule has 3 N–H and O–H groups in total. The molecule has 2 bridgehead atoms. The number of allylic oxidation sites excluding steroid dienone is 5. The number of Topliss-reactive ketones (excluding diaryl/α,β-unsaturated/α-hetero) is 3. The van der Waals surface area contributed by atoms with Crippen molar-refractivity contribution < 1.29 is 63.0 Å². The first-order valence-corrected chi connectivity index (χ1v) is 25.2. The maximum Gasteiger partial charge on any atom is 0.329 e. The molecule has 0 aromatic carbocycles. The van der Waals surface area contributed by atoms with Crippen LogP contribution in [0.2, 0.25) is 0 Å². The molecule has 70 heavy (non-hydrogen) atoms. The van der Waals surface area contributed by atoms with Gasteiger partial charge in [-0.25, -0.2) is 9.48 Å². The van der Waals surface area contributed by atoms with Gasteiger partial charge in [-0.2, -0.15) is 0 Å². The van der Waals surface area contributed by atoms with Crippen LogP contribution < -0.4 is 0 Å². The van der Waals surface area contributed by atoms with Gasteiger partial charge in [0.05, 0.1) is 36.9 Å². The molecule has 1 aliphatic carbocycles. The Morgan fingerprint density at radius 3 is 2.33 bits per heavy atom.